The molecule has 5 heteroatoms. The summed E-state index contributed by atoms with van der Waals surface area (Å²) in [5.74, 6) is 0.518. The molecule has 1 saturated carbocycles. The van der Waals surface area contributed by atoms with E-state index in [1.807, 2.05) is 6.07 Å². The van der Waals surface area contributed by atoms with E-state index < -0.39 is 0 Å². The highest BCUT2D eigenvalue weighted by molar-refractivity contribution is 7.18. The van der Waals surface area contributed by atoms with Crippen LogP contribution in [0.1, 0.15) is 42.8 Å². The van der Waals surface area contributed by atoms with Crippen molar-refractivity contribution in [2.45, 2.75) is 39.2 Å². The maximum atomic E-state index is 12.2. The Hall–Kier alpha value is -1.07. The number of rotatable bonds is 6. The smallest absolute Gasteiger partial charge is 0.178 e. The van der Waals surface area contributed by atoms with Crippen LogP contribution in [0.5, 0.6) is 0 Å². The number of Topliss-reactive ketones (excluding diaryl/α,β-unsaturated/α-hetero) is 1. The summed E-state index contributed by atoms with van der Waals surface area (Å²) in [7, 11) is 0. The van der Waals surface area contributed by atoms with Crippen LogP contribution in [-0.2, 0) is 0 Å². The first-order valence-corrected chi connectivity index (χ1v) is 8.88. The number of nitrogens with two attached hydrogens (primary N) is 1. The fourth-order valence-electron chi connectivity index (χ4n) is 3.25. The van der Waals surface area contributed by atoms with Crippen LogP contribution in [0, 0.1) is 5.92 Å². The third-order valence-corrected chi connectivity index (χ3v) is 5.95. The van der Waals surface area contributed by atoms with E-state index >= 15 is 0 Å². The highest BCUT2D eigenvalue weighted by Crippen LogP contribution is 2.40. The van der Waals surface area contributed by atoms with Crippen LogP contribution in [0.15, 0.2) is 6.07 Å². The van der Waals surface area contributed by atoms with E-state index in [-0.39, 0.29) is 11.7 Å². The number of anilines is 2. The minimum absolute atomic E-state index is 0.251. The number of ketones is 1. The fourth-order valence-corrected chi connectivity index (χ4v) is 4.38. The quantitative estimate of drug-likeness (QED) is 0.821. The first kappa shape index (κ1) is 14.9. The summed E-state index contributed by atoms with van der Waals surface area (Å²) in [5.41, 5.74) is 6.75. The maximum Gasteiger partial charge on any atom is 0.178 e. The minimum Gasteiger partial charge on any atom is -0.397 e. The van der Waals surface area contributed by atoms with Gasteiger partial charge in [-0.2, -0.15) is 0 Å². The molecule has 116 valence electrons. The van der Waals surface area contributed by atoms with E-state index in [1.165, 1.54) is 11.4 Å². The Kier molecular flexibility index (Phi) is 4.22. The van der Waals surface area contributed by atoms with Gasteiger partial charge in [-0.1, -0.05) is 13.8 Å². The van der Waals surface area contributed by atoms with Crippen molar-refractivity contribution in [3.05, 3.63) is 10.9 Å². The lowest BCUT2D eigenvalue weighted by molar-refractivity contribution is 0.0972. The van der Waals surface area contributed by atoms with Crippen LogP contribution < -0.4 is 10.6 Å². The molecule has 2 N–H and O–H groups in total. The van der Waals surface area contributed by atoms with Crippen molar-refractivity contribution in [2.75, 3.05) is 36.8 Å². The number of hydrogen-bond donors (Lipinski definition) is 1. The highest BCUT2D eigenvalue weighted by atomic mass is 32.1. The minimum atomic E-state index is 0.251. The molecule has 21 heavy (non-hydrogen) atoms. The Morgan fingerprint density at radius 2 is 2.10 bits per heavy atom. The number of nitrogen functional groups attached to an aromatic ring is 1. The molecule has 1 aliphatic carbocycles. The topological polar surface area (TPSA) is 49.6 Å². The summed E-state index contributed by atoms with van der Waals surface area (Å²) >= 11 is 1.60. The van der Waals surface area contributed by atoms with Gasteiger partial charge in [-0.05, 0) is 38.4 Å². The van der Waals surface area contributed by atoms with Crippen molar-refractivity contribution in [2.24, 2.45) is 5.92 Å². The van der Waals surface area contributed by atoms with Crippen molar-refractivity contribution < 1.29 is 4.79 Å². The van der Waals surface area contributed by atoms with Gasteiger partial charge in [0.2, 0.25) is 0 Å². The van der Waals surface area contributed by atoms with Crippen molar-refractivity contribution in [3.63, 3.8) is 0 Å². The summed E-state index contributed by atoms with van der Waals surface area (Å²) in [6.07, 6.45) is 3.28. The Bertz CT molecular complexity index is 520. The Morgan fingerprint density at radius 3 is 2.71 bits per heavy atom. The molecule has 1 aliphatic heterocycles. The normalized spacial score (nSPS) is 22.2. The maximum absolute atomic E-state index is 12.2. The van der Waals surface area contributed by atoms with Gasteiger partial charge in [0.25, 0.3) is 0 Å². The molecule has 1 aromatic heterocycles. The van der Waals surface area contributed by atoms with Crippen LogP contribution in [0.2, 0.25) is 0 Å². The predicted octanol–water partition coefficient (Wildman–Crippen LogP) is 2.84. The summed E-state index contributed by atoms with van der Waals surface area (Å²) in [5, 5.41) is 1.17. The average molecular weight is 307 g/mol. The molecule has 0 spiro atoms. The number of likely N-dealkylation sites (N-methyl/N-ethyl adjacent to an activating group) is 1. The van der Waals surface area contributed by atoms with E-state index in [1.54, 1.807) is 11.3 Å². The zero-order valence-corrected chi connectivity index (χ0v) is 13.8. The van der Waals surface area contributed by atoms with E-state index in [2.05, 4.69) is 23.6 Å². The fraction of sp³-hybridized carbons (Fsp3) is 0.688. The van der Waals surface area contributed by atoms with Crippen molar-refractivity contribution >= 4 is 27.8 Å². The standard InChI is InChI=1S/C16H25N3OS/c1-3-18(4-2)12-7-8-19(10-12)14-9-13(17)16(21-14)15(20)11-5-6-11/h9,11-12H,3-8,10,17H2,1-2H3. The molecule has 2 fully saturated rings. The van der Waals surface area contributed by atoms with Gasteiger partial charge in [0.1, 0.15) is 0 Å². The first-order chi connectivity index (χ1) is 10.1. The number of carbonyl (C=O) groups excluding carboxylic acids is 1. The summed E-state index contributed by atoms with van der Waals surface area (Å²) < 4.78 is 0. The molecule has 0 amide bonds. The summed E-state index contributed by atoms with van der Waals surface area (Å²) in [6, 6.07) is 2.64. The van der Waals surface area contributed by atoms with Gasteiger partial charge in [0.15, 0.2) is 5.78 Å². The number of hydrogen-bond acceptors (Lipinski definition) is 5. The van der Waals surface area contributed by atoms with Crippen molar-refractivity contribution in [1.82, 2.24) is 4.90 Å². The molecule has 4 nitrogen and oxygen atoms in total. The van der Waals surface area contributed by atoms with Crippen LogP contribution in [0.4, 0.5) is 10.7 Å². The third-order valence-electron chi connectivity index (χ3n) is 4.72. The summed E-state index contributed by atoms with van der Waals surface area (Å²) in [6.45, 7) is 8.78. The second-order valence-electron chi connectivity index (χ2n) is 6.12. The molecule has 2 aliphatic rings. The molecule has 1 saturated heterocycles. The molecule has 3 rings (SSSR count). The summed E-state index contributed by atoms with van der Waals surface area (Å²) in [4.78, 5) is 17.9. The van der Waals surface area contributed by atoms with Gasteiger partial charge in [-0.3, -0.25) is 9.69 Å². The van der Waals surface area contributed by atoms with E-state index in [9.17, 15) is 4.79 Å². The molecule has 1 aromatic rings. The van der Waals surface area contributed by atoms with Crippen LogP contribution in [0.3, 0.4) is 0 Å². The lowest BCUT2D eigenvalue weighted by Crippen LogP contribution is -2.37. The average Bonchev–Trinajstić information content (AvgIpc) is 3.10. The van der Waals surface area contributed by atoms with Crippen LogP contribution >= 0.6 is 11.3 Å². The molecule has 0 bridgehead atoms. The monoisotopic (exact) mass is 307 g/mol. The Balaban J connectivity index is 1.70. The lowest BCUT2D eigenvalue weighted by Gasteiger charge is -2.26. The molecule has 0 radical (unpaired) electrons. The molecule has 2 heterocycles. The first-order valence-electron chi connectivity index (χ1n) is 8.06. The molecule has 0 aromatic carbocycles. The van der Waals surface area contributed by atoms with E-state index in [4.69, 9.17) is 5.73 Å². The van der Waals surface area contributed by atoms with Gasteiger partial charge in [0, 0.05) is 25.0 Å². The zero-order valence-electron chi connectivity index (χ0n) is 13.0. The van der Waals surface area contributed by atoms with Crippen LogP contribution in [0.25, 0.3) is 0 Å². The van der Waals surface area contributed by atoms with Crippen LogP contribution in [-0.4, -0.2) is 42.9 Å². The Morgan fingerprint density at radius 1 is 1.38 bits per heavy atom. The van der Waals surface area contributed by atoms with Gasteiger partial charge >= 0.3 is 0 Å². The predicted molar refractivity (Wildman–Crippen MR) is 89.3 cm³/mol. The molecule has 1 unspecified atom stereocenters. The largest absolute Gasteiger partial charge is 0.397 e. The van der Waals surface area contributed by atoms with E-state index in [0.717, 1.165) is 43.9 Å². The van der Waals surface area contributed by atoms with Gasteiger partial charge in [0.05, 0.1) is 15.6 Å². The Labute approximate surface area is 130 Å². The highest BCUT2D eigenvalue weighted by Gasteiger charge is 2.34. The SMILES string of the molecule is CCN(CC)C1CCN(c2cc(N)c(C(=O)C3CC3)s2)C1. The van der Waals surface area contributed by atoms with Gasteiger partial charge in [-0.15, -0.1) is 11.3 Å². The zero-order chi connectivity index (χ0) is 15.0. The number of carbonyl (C=O) groups is 1. The van der Waals surface area contributed by atoms with Crippen molar-refractivity contribution in [3.8, 4) is 0 Å². The molecular formula is C16H25N3OS. The van der Waals surface area contributed by atoms with Gasteiger partial charge < -0.3 is 10.6 Å². The second-order valence-corrected chi connectivity index (χ2v) is 7.15. The third kappa shape index (κ3) is 2.94. The van der Waals surface area contributed by atoms with Crippen molar-refractivity contribution in [1.29, 1.82) is 0 Å². The lowest BCUT2D eigenvalue weighted by atomic mass is 10.2. The van der Waals surface area contributed by atoms with Gasteiger partial charge in [-0.25, -0.2) is 0 Å². The van der Waals surface area contributed by atoms with E-state index in [0.29, 0.717) is 11.7 Å². The number of thiophene rings is 1. The number of nitrogens with zero attached hydrogens (tertiary/aromatic N) is 2. The molecular weight excluding hydrogens is 282 g/mol. The second kappa shape index (κ2) is 5.97. The molecule has 1 atom stereocenters.